The summed E-state index contributed by atoms with van der Waals surface area (Å²) in [6.45, 7) is 2.35. The third-order valence-corrected chi connectivity index (χ3v) is 4.47. The lowest BCUT2D eigenvalue weighted by Gasteiger charge is -2.06. The number of pyridine rings is 1. The number of hydrogen-bond donors (Lipinski definition) is 1. The molecule has 0 spiro atoms. The second kappa shape index (κ2) is 6.82. The van der Waals surface area contributed by atoms with Crippen LogP contribution >= 0.6 is 0 Å². The Morgan fingerprint density at radius 2 is 2.23 bits per heavy atom. The summed E-state index contributed by atoms with van der Waals surface area (Å²) in [6.07, 6.45) is 2.48. The lowest BCUT2D eigenvalue weighted by Crippen LogP contribution is -2.28. The predicted octanol–water partition coefficient (Wildman–Crippen LogP) is 0.868. The molecule has 3 aromatic rings. The molecule has 130 valence electrons. The number of rotatable bonds is 5. The number of nitrogens with zero attached hydrogens (tertiary/aromatic N) is 4. The Kier molecular flexibility index (Phi) is 4.36. The lowest BCUT2D eigenvalue weighted by atomic mass is 9.78. The van der Waals surface area contributed by atoms with Crippen LogP contribution in [0.1, 0.15) is 34.2 Å². The van der Waals surface area contributed by atoms with Gasteiger partial charge in [-0.3, -0.25) is 4.79 Å². The normalized spacial score (nSPS) is 13.1. The Morgan fingerprint density at radius 1 is 1.35 bits per heavy atom. The number of fused-ring (bicyclic) bond motifs is 1. The molecule has 1 aliphatic heterocycles. The zero-order chi connectivity index (χ0) is 18.1. The molecule has 0 unspecified atom stereocenters. The van der Waals surface area contributed by atoms with Gasteiger partial charge in [0.25, 0.3) is 0 Å². The van der Waals surface area contributed by atoms with E-state index in [-0.39, 0.29) is 12.2 Å². The maximum absolute atomic E-state index is 12.8. The first-order chi connectivity index (χ1) is 12.7. The number of carbonyl (C=O) groups is 1. The Labute approximate surface area is 150 Å². The fourth-order valence-corrected chi connectivity index (χ4v) is 3.14. The molecule has 0 atom stereocenters. The van der Waals surface area contributed by atoms with Crippen LogP contribution in [-0.4, -0.2) is 37.9 Å². The van der Waals surface area contributed by atoms with Gasteiger partial charge < -0.3 is 9.68 Å². The summed E-state index contributed by atoms with van der Waals surface area (Å²) in [5, 5.41) is 18.0. The highest BCUT2D eigenvalue weighted by Gasteiger charge is 2.28. The van der Waals surface area contributed by atoms with Crippen molar-refractivity contribution in [3.8, 4) is 5.82 Å². The summed E-state index contributed by atoms with van der Waals surface area (Å²) in [5.74, 6) is 0.520. The van der Waals surface area contributed by atoms with Gasteiger partial charge in [0.1, 0.15) is 0 Å². The van der Waals surface area contributed by atoms with Crippen LogP contribution in [0.25, 0.3) is 5.82 Å². The number of ketones is 1. The quantitative estimate of drug-likeness (QED) is 0.544. The summed E-state index contributed by atoms with van der Waals surface area (Å²) < 4.78 is 6.80. The monoisotopic (exact) mass is 348 g/mol. The van der Waals surface area contributed by atoms with Crippen molar-refractivity contribution in [2.24, 2.45) is 0 Å². The molecule has 7 nitrogen and oxygen atoms in total. The van der Waals surface area contributed by atoms with Crippen LogP contribution in [0.5, 0.6) is 0 Å². The van der Waals surface area contributed by atoms with Crippen molar-refractivity contribution in [3.63, 3.8) is 0 Å². The minimum Gasteiger partial charge on any atom is -0.423 e. The molecule has 0 amide bonds. The van der Waals surface area contributed by atoms with E-state index in [9.17, 15) is 9.82 Å². The van der Waals surface area contributed by atoms with Crippen molar-refractivity contribution < 1.29 is 14.5 Å². The number of carbonyl (C=O) groups excluding carboxylic acids is 1. The highest BCUT2D eigenvalue weighted by molar-refractivity contribution is 6.61. The average molecular weight is 348 g/mol. The second-order valence-corrected chi connectivity index (χ2v) is 6.13. The molecule has 1 aromatic carbocycles. The van der Waals surface area contributed by atoms with Crippen molar-refractivity contribution >= 4 is 18.4 Å². The van der Waals surface area contributed by atoms with E-state index in [1.165, 1.54) is 0 Å². The van der Waals surface area contributed by atoms with E-state index in [1.54, 1.807) is 10.9 Å². The van der Waals surface area contributed by atoms with Crippen molar-refractivity contribution in [2.75, 3.05) is 0 Å². The van der Waals surface area contributed by atoms with E-state index >= 15 is 0 Å². The van der Waals surface area contributed by atoms with Crippen molar-refractivity contribution in [1.82, 2.24) is 20.0 Å². The number of Topliss-reactive ketones (excluding diaryl/α,β-unsaturated/α-hetero) is 1. The lowest BCUT2D eigenvalue weighted by molar-refractivity contribution is 0.0987. The van der Waals surface area contributed by atoms with Gasteiger partial charge in [-0.05, 0) is 35.1 Å². The molecule has 4 rings (SSSR count). The molecule has 0 bridgehead atoms. The molecule has 26 heavy (non-hydrogen) atoms. The summed E-state index contributed by atoms with van der Waals surface area (Å²) in [6, 6.07) is 11.1. The Balaban J connectivity index is 1.61. The summed E-state index contributed by atoms with van der Waals surface area (Å²) in [7, 11) is -0.920. The molecule has 0 aliphatic carbocycles. The van der Waals surface area contributed by atoms with E-state index in [0.717, 1.165) is 22.3 Å². The van der Waals surface area contributed by atoms with E-state index in [4.69, 9.17) is 4.65 Å². The average Bonchev–Trinajstić information content (AvgIpc) is 3.26. The topological polar surface area (TPSA) is 90.1 Å². The molecule has 1 N–H and O–H groups in total. The molecule has 0 fully saturated rings. The fraction of sp³-hybridized carbons (Fsp3) is 0.222. The van der Waals surface area contributed by atoms with Crippen molar-refractivity contribution in [3.05, 3.63) is 65.1 Å². The minimum atomic E-state index is -0.920. The van der Waals surface area contributed by atoms with Gasteiger partial charge in [0.05, 0.1) is 12.3 Å². The maximum atomic E-state index is 12.8. The predicted molar refractivity (Wildman–Crippen MR) is 95.4 cm³/mol. The SMILES string of the molecule is CCc1c(C(=O)Cc2ccc3c(c2)B(O)OC3)nnn1-c1ccccn1. The van der Waals surface area contributed by atoms with Crippen LogP contribution in [0.4, 0.5) is 0 Å². The Morgan fingerprint density at radius 3 is 3.00 bits per heavy atom. The third-order valence-electron chi connectivity index (χ3n) is 4.47. The number of hydrogen-bond acceptors (Lipinski definition) is 6. The first-order valence-corrected chi connectivity index (χ1v) is 8.48. The number of benzene rings is 1. The molecule has 0 radical (unpaired) electrons. The van der Waals surface area contributed by atoms with E-state index < -0.39 is 7.12 Å². The van der Waals surface area contributed by atoms with E-state index in [2.05, 4.69) is 15.3 Å². The molecule has 8 heteroatoms. The van der Waals surface area contributed by atoms with Crippen molar-refractivity contribution in [1.29, 1.82) is 0 Å². The van der Waals surface area contributed by atoms with Gasteiger partial charge in [0.2, 0.25) is 0 Å². The van der Waals surface area contributed by atoms with Crippen molar-refractivity contribution in [2.45, 2.75) is 26.4 Å². The van der Waals surface area contributed by atoms with Gasteiger partial charge in [0, 0.05) is 12.6 Å². The highest BCUT2D eigenvalue weighted by atomic mass is 16.5. The third kappa shape index (κ3) is 2.93. The molecular weight excluding hydrogens is 331 g/mol. The zero-order valence-corrected chi connectivity index (χ0v) is 14.3. The first kappa shape index (κ1) is 16.6. The van der Waals surface area contributed by atoms with Crippen LogP contribution < -0.4 is 5.46 Å². The van der Waals surface area contributed by atoms with Crippen LogP contribution in [0.2, 0.25) is 0 Å². The number of aromatic nitrogens is 4. The second-order valence-electron chi connectivity index (χ2n) is 6.13. The molecule has 0 saturated carbocycles. The molecule has 2 aromatic heterocycles. The van der Waals surface area contributed by atoms with Crippen LogP contribution in [0.15, 0.2) is 42.6 Å². The van der Waals surface area contributed by atoms with Crippen LogP contribution in [-0.2, 0) is 24.1 Å². The first-order valence-electron chi connectivity index (χ1n) is 8.48. The summed E-state index contributed by atoms with van der Waals surface area (Å²) in [5.41, 5.74) is 3.58. The largest absolute Gasteiger partial charge is 0.491 e. The van der Waals surface area contributed by atoms with Crippen LogP contribution in [0, 0.1) is 0 Å². The van der Waals surface area contributed by atoms with E-state index in [1.807, 2.05) is 43.3 Å². The van der Waals surface area contributed by atoms with E-state index in [0.29, 0.717) is 24.5 Å². The molecule has 0 saturated heterocycles. The van der Waals surface area contributed by atoms with Gasteiger partial charge in [0.15, 0.2) is 17.3 Å². The molecular formula is C18H17BN4O3. The highest BCUT2D eigenvalue weighted by Crippen LogP contribution is 2.16. The van der Waals surface area contributed by atoms with Gasteiger partial charge >= 0.3 is 7.12 Å². The smallest absolute Gasteiger partial charge is 0.423 e. The van der Waals surface area contributed by atoms with Crippen LogP contribution in [0.3, 0.4) is 0 Å². The van der Waals surface area contributed by atoms with Gasteiger partial charge in [-0.2, -0.15) is 4.68 Å². The van der Waals surface area contributed by atoms with Gasteiger partial charge in [-0.25, -0.2) is 4.98 Å². The Hall–Kier alpha value is -2.84. The summed E-state index contributed by atoms with van der Waals surface area (Å²) in [4.78, 5) is 17.1. The molecule has 3 heterocycles. The standard InChI is InChI=1S/C18H17BN4O3/c1-2-15-18(21-22-23(15)17-5-3-4-8-20-17)16(24)10-12-6-7-13-11-26-19(25)14(13)9-12/h3-9,25H,2,10-11H2,1H3. The maximum Gasteiger partial charge on any atom is 0.491 e. The fourth-order valence-electron chi connectivity index (χ4n) is 3.14. The zero-order valence-electron chi connectivity index (χ0n) is 14.3. The van der Waals surface area contributed by atoms with Gasteiger partial charge in [-0.15, -0.1) is 5.10 Å². The minimum absolute atomic E-state index is 0.114. The van der Waals surface area contributed by atoms with Gasteiger partial charge in [-0.1, -0.05) is 36.4 Å². The summed E-state index contributed by atoms with van der Waals surface area (Å²) >= 11 is 0. The Bertz CT molecular complexity index is 958. The molecule has 1 aliphatic rings.